The number of hydrogen-bond acceptors (Lipinski definition) is 7. The average molecular weight is 407 g/mol. The minimum absolute atomic E-state index is 0.0379. The highest BCUT2D eigenvalue weighted by Crippen LogP contribution is 2.32. The van der Waals surface area contributed by atoms with E-state index in [9.17, 15) is 9.90 Å². The number of carbonyl (C=O) groups excluding carboxylic acids is 1. The molecule has 0 spiro atoms. The Morgan fingerprint density at radius 1 is 1.31 bits per heavy atom. The molecule has 2 heterocycles. The predicted molar refractivity (Wildman–Crippen MR) is 98.9 cm³/mol. The Kier molecular flexibility index (Phi) is 6.08. The standard InChI is InChI=1S/C17H14ClN3O3S2/c1-2-14-19-17(21-20-14)26-13(16(22)23)9-11-5-8-15(24-11)25-12-6-3-10(18)4-7-12/h3-9H,2H2,1H3,(H,22,23)(H,19,20,21)/p-1/b13-9-. The van der Waals surface area contributed by atoms with Crippen LogP contribution in [0.1, 0.15) is 18.5 Å². The van der Waals surface area contributed by atoms with E-state index in [0.29, 0.717) is 33.3 Å². The third-order valence-electron chi connectivity index (χ3n) is 3.16. The molecule has 0 radical (unpaired) electrons. The van der Waals surface area contributed by atoms with Crippen molar-refractivity contribution in [2.24, 2.45) is 0 Å². The van der Waals surface area contributed by atoms with Crippen LogP contribution >= 0.6 is 35.1 Å². The zero-order valence-corrected chi connectivity index (χ0v) is 16.0. The quantitative estimate of drug-likeness (QED) is 0.472. The average Bonchev–Trinajstić information content (AvgIpc) is 3.25. The van der Waals surface area contributed by atoms with E-state index in [1.807, 2.05) is 19.1 Å². The molecule has 0 atom stereocenters. The SMILES string of the molecule is CCc1nc(S/C(=C\c2ccc(Sc3ccc(Cl)cc3)o2)C(=O)[O-])n[nH]1. The molecule has 0 aliphatic rings. The van der Waals surface area contributed by atoms with Crippen molar-refractivity contribution in [2.45, 2.75) is 28.5 Å². The summed E-state index contributed by atoms with van der Waals surface area (Å²) in [7, 11) is 0. The molecule has 0 saturated heterocycles. The number of rotatable bonds is 7. The van der Waals surface area contributed by atoms with E-state index in [1.54, 1.807) is 24.3 Å². The van der Waals surface area contributed by atoms with Gasteiger partial charge in [0.1, 0.15) is 11.6 Å². The number of aromatic amines is 1. The number of aliphatic carboxylic acids is 1. The molecule has 6 nitrogen and oxygen atoms in total. The molecule has 1 aromatic carbocycles. The summed E-state index contributed by atoms with van der Waals surface area (Å²) in [4.78, 5) is 16.5. The number of H-pyrrole nitrogens is 1. The molecule has 1 N–H and O–H groups in total. The first-order valence-corrected chi connectivity index (χ1v) is 9.60. The first-order chi connectivity index (χ1) is 12.5. The molecule has 3 rings (SSSR count). The first-order valence-electron chi connectivity index (χ1n) is 7.59. The van der Waals surface area contributed by atoms with Crippen LogP contribution in [0.5, 0.6) is 0 Å². The van der Waals surface area contributed by atoms with E-state index in [2.05, 4.69) is 15.2 Å². The zero-order valence-electron chi connectivity index (χ0n) is 13.6. The maximum atomic E-state index is 11.4. The van der Waals surface area contributed by atoms with E-state index in [4.69, 9.17) is 16.0 Å². The fourth-order valence-electron chi connectivity index (χ4n) is 1.92. The maximum absolute atomic E-state index is 11.4. The van der Waals surface area contributed by atoms with E-state index < -0.39 is 5.97 Å². The van der Waals surface area contributed by atoms with Crippen LogP contribution in [-0.4, -0.2) is 21.2 Å². The Labute approximate surface area is 163 Å². The van der Waals surface area contributed by atoms with Gasteiger partial charge in [-0.05, 0) is 54.2 Å². The molecule has 0 fully saturated rings. The van der Waals surface area contributed by atoms with Crippen LogP contribution in [0.15, 0.2) is 60.9 Å². The second-order valence-corrected chi connectivity index (χ2v) is 7.55. The van der Waals surface area contributed by atoms with Gasteiger partial charge in [-0.1, -0.05) is 30.3 Å². The van der Waals surface area contributed by atoms with Gasteiger partial charge in [-0.2, -0.15) is 0 Å². The second-order valence-electron chi connectivity index (χ2n) is 5.03. The molecule has 3 aromatic rings. The van der Waals surface area contributed by atoms with E-state index in [-0.39, 0.29) is 4.91 Å². The van der Waals surface area contributed by atoms with Crippen molar-refractivity contribution in [3.8, 4) is 0 Å². The van der Waals surface area contributed by atoms with Crippen LogP contribution in [0.3, 0.4) is 0 Å². The number of hydrogen-bond donors (Lipinski definition) is 1. The summed E-state index contributed by atoms with van der Waals surface area (Å²) in [5.74, 6) is -0.231. The highest BCUT2D eigenvalue weighted by atomic mass is 35.5. The number of benzene rings is 1. The zero-order chi connectivity index (χ0) is 18.5. The monoisotopic (exact) mass is 406 g/mol. The summed E-state index contributed by atoms with van der Waals surface area (Å²) < 4.78 is 5.66. The lowest BCUT2D eigenvalue weighted by Gasteiger charge is -2.04. The molecular formula is C17H13ClN3O3S2-. The molecule has 2 aromatic heterocycles. The predicted octanol–water partition coefficient (Wildman–Crippen LogP) is 3.65. The summed E-state index contributed by atoms with van der Waals surface area (Å²) in [6.07, 6.45) is 2.08. The van der Waals surface area contributed by atoms with Gasteiger partial charge in [0.15, 0.2) is 5.09 Å². The molecule has 9 heteroatoms. The summed E-state index contributed by atoms with van der Waals surface area (Å²) in [6, 6.07) is 10.8. The number of aryl methyl sites for hydroxylation is 1. The van der Waals surface area contributed by atoms with E-state index in [0.717, 1.165) is 16.7 Å². The van der Waals surface area contributed by atoms with Crippen molar-refractivity contribution in [3.05, 3.63) is 57.9 Å². The number of carboxylic acid groups (broad SMARTS) is 1. The second kappa shape index (κ2) is 8.48. The molecule has 0 saturated carbocycles. The number of carbonyl (C=O) groups is 1. The molecule has 0 aliphatic heterocycles. The Bertz CT molecular complexity index is 935. The van der Waals surface area contributed by atoms with Gasteiger partial charge in [0.2, 0.25) is 5.16 Å². The largest absolute Gasteiger partial charge is 0.544 e. The summed E-state index contributed by atoms with van der Waals surface area (Å²) in [6.45, 7) is 1.92. The molecule has 0 aliphatic carbocycles. The van der Waals surface area contributed by atoms with Crippen LogP contribution in [-0.2, 0) is 11.2 Å². The summed E-state index contributed by atoms with van der Waals surface area (Å²) in [5, 5.41) is 19.7. The van der Waals surface area contributed by atoms with Crippen LogP contribution in [0.4, 0.5) is 0 Å². The van der Waals surface area contributed by atoms with Crippen molar-refractivity contribution in [2.75, 3.05) is 0 Å². The number of furan rings is 1. The van der Waals surface area contributed by atoms with Gasteiger partial charge in [0, 0.05) is 21.2 Å². The van der Waals surface area contributed by atoms with Crippen LogP contribution < -0.4 is 5.11 Å². The maximum Gasteiger partial charge on any atom is 0.213 e. The third-order valence-corrected chi connectivity index (χ3v) is 5.21. The molecule has 0 bridgehead atoms. The molecule has 26 heavy (non-hydrogen) atoms. The highest BCUT2D eigenvalue weighted by Gasteiger charge is 2.10. The Hall–Kier alpha value is -2.16. The number of halogens is 1. The number of thioether (sulfide) groups is 1. The van der Waals surface area contributed by atoms with Gasteiger partial charge in [-0.25, -0.2) is 4.98 Å². The topological polar surface area (TPSA) is 94.8 Å². The number of nitrogens with zero attached hydrogens (tertiary/aromatic N) is 2. The fourth-order valence-corrected chi connectivity index (χ4v) is 3.53. The lowest BCUT2D eigenvalue weighted by Crippen LogP contribution is -2.23. The van der Waals surface area contributed by atoms with Gasteiger partial charge in [-0.3, -0.25) is 5.10 Å². The number of aromatic nitrogens is 3. The van der Waals surface area contributed by atoms with Gasteiger partial charge in [-0.15, -0.1) is 5.10 Å². The van der Waals surface area contributed by atoms with Crippen LogP contribution in [0.25, 0.3) is 6.08 Å². The summed E-state index contributed by atoms with van der Waals surface area (Å²) in [5.41, 5.74) is 0. The Balaban J connectivity index is 1.74. The minimum atomic E-state index is -1.32. The van der Waals surface area contributed by atoms with E-state index >= 15 is 0 Å². The van der Waals surface area contributed by atoms with Crippen LogP contribution in [0.2, 0.25) is 5.02 Å². The molecule has 0 unspecified atom stereocenters. The van der Waals surface area contributed by atoms with Crippen molar-refractivity contribution < 1.29 is 14.3 Å². The van der Waals surface area contributed by atoms with Gasteiger partial charge < -0.3 is 14.3 Å². The number of nitrogens with one attached hydrogen (secondary N) is 1. The lowest BCUT2D eigenvalue weighted by molar-refractivity contribution is -0.298. The molecular weight excluding hydrogens is 394 g/mol. The Morgan fingerprint density at radius 2 is 2.08 bits per heavy atom. The molecule has 0 amide bonds. The van der Waals surface area contributed by atoms with Crippen molar-refractivity contribution >= 4 is 47.2 Å². The highest BCUT2D eigenvalue weighted by molar-refractivity contribution is 8.04. The smallest absolute Gasteiger partial charge is 0.213 e. The minimum Gasteiger partial charge on any atom is -0.544 e. The Morgan fingerprint density at radius 3 is 2.73 bits per heavy atom. The van der Waals surface area contributed by atoms with E-state index in [1.165, 1.54) is 17.8 Å². The van der Waals surface area contributed by atoms with Crippen molar-refractivity contribution in [3.63, 3.8) is 0 Å². The van der Waals surface area contributed by atoms with Crippen molar-refractivity contribution in [1.82, 2.24) is 15.2 Å². The fraction of sp³-hybridized carbons (Fsp3) is 0.118. The summed E-state index contributed by atoms with van der Waals surface area (Å²) >= 11 is 8.18. The third kappa shape index (κ3) is 4.94. The molecule has 134 valence electrons. The van der Waals surface area contributed by atoms with Gasteiger partial charge in [0.05, 0.1) is 5.97 Å². The first kappa shape index (κ1) is 18.6. The van der Waals surface area contributed by atoms with Crippen molar-refractivity contribution in [1.29, 1.82) is 0 Å². The number of carboxylic acids is 1. The lowest BCUT2D eigenvalue weighted by atomic mass is 10.4. The normalized spacial score (nSPS) is 11.7. The van der Waals surface area contributed by atoms with Crippen LogP contribution in [0, 0.1) is 0 Å². The van der Waals surface area contributed by atoms with Gasteiger partial charge in [0.25, 0.3) is 0 Å². The van der Waals surface area contributed by atoms with Gasteiger partial charge >= 0.3 is 0 Å².